The first kappa shape index (κ1) is 14.0. The van der Waals surface area contributed by atoms with Crippen LogP contribution in [-0.2, 0) is 10.2 Å². The minimum atomic E-state index is -0.860. The van der Waals surface area contributed by atoms with E-state index in [4.69, 9.17) is 0 Å². The van der Waals surface area contributed by atoms with E-state index in [1.54, 1.807) is 6.07 Å². The Bertz CT molecular complexity index is 501. The predicted molar refractivity (Wildman–Crippen MR) is 69.7 cm³/mol. The number of benzene rings is 1. The van der Waals surface area contributed by atoms with Crippen LogP contribution in [0.2, 0.25) is 0 Å². The Labute approximate surface area is 112 Å². The maximum absolute atomic E-state index is 14.0. The van der Waals surface area contributed by atoms with Crippen LogP contribution >= 0.6 is 0 Å². The highest BCUT2D eigenvalue weighted by atomic mass is 19.2. The summed E-state index contributed by atoms with van der Waals surface area (Å²) in [6.45, 7) is 5.93. The zero-order valence-electron chi connectivity index (χ0n) is 11.5. The molecule has 2 atom stereocenters. The van der Waals surface area contributed by atoms with Gasteiger partial charge in [0.2, 0.25) is 5.91 Å². The van der Waals surface area contributed by atoms with Gasteiger partial charge in [0.15, 0.2) is 11.6 Å². The lowest BCUT2D eigenvalue weighted by Gasteiger charge is -2.32. The lowest BCUT2D eigenvalue weighted by molar-refractivity contribution is -0.119. The van der Waals surface area contributed by atoms with E-state index in [9.17, 15) is 13.6 Å². The molecule has 2 nitrogen and oxygen atoms in total. The third-order valence-electron chi connectivity index (χ3n) is 3.91. The van der Waals surface area contributed by atoms with Crippen molar-refractivity contribution in [1.82, 2.24) is 5.32 Å². The molecule has 2 rings (SSSR count). The summed E-state index contributed by atoms with van der Waals surface area (Å²) in [6, 6.07) is 4.01. The fourth-order valence-corrected chi connectivity index (χ4v) is 2.88. The van der Waals surface area contributed by atoms with Gasteiger partial charge >= 0.3 is 0 Å². The third-order valence-corrected chi connectivity index (χ3v) is 3.91. The maximum atomic E-state index is 14.0. The average molecular weight is 267 g/mol. The number of hydrogen-bond acceptors (Lipinski definition) is 1. The van der Waals surface area contributed by atoms with Crippen molar-refractivity contribution in [3.8, 4) is 0 Å². The quantitative estimate of drug-likeness (QED) is 0.895. The van der Waals surface area contributed by atoms with Crippen molar-refractivity contribution >= 4 is 5.91 Å². The molecule has 2 unspecified atom stereocenters. The van der Waals surface area contributed by atoms with Crippen molar-refractivity contribution in [2.24, 2.45) is 5.92 Å². The van der Waals surface area contributed by atoms with Gasteiger partial charge in [0.1, 0.15) is 0 Å². The largest absolute Gasteiger partial charge is 0.352 e. The van der Waals surface area contributed by atoms with Crippen LogP contribution in [0.1, 0.15) is 39.2 Å². The Morgan fingerprint density at radius 2 is 2.11 bits per heavy atom. The minimum Gasteiger partial charge on any atom is -0.352 e. The lowest BCUT2D eigenvalue weighted by Crippen LogP contribution is -2.40. The van der Waals surface area contributed by atoms with E-state index in [0.717, 1.165) is 12.5 Å². The number of carbonyl (C=O) groups excluding carboxylic acids is 1. The molecule has 4 heteroatoms. The van der Waals surface area contributed by atoms with Gasteiger partial charge in [-0.2, -0.15) is 0 Å². The molecule has 1 fully saturated rings. The Morgan fingerprint density at radius 3 is 2.74 bits per heavy atom. The Balaban J connectivity index is 2.44. The Hall–Kier alpha value is -1.45. The molecule has 0 bridgehead atoms. The number of carbonyl (C=O) groups is 1. The molecule has 1 aliphatic rings. The highest BCUT2D eigenvalue weighted by Gasteiger charge is 2.46. The van der Waals surface area contributed by atoms with E-state index in [1.165, 1.54) is 6.07 Å². The van der Waals surface area contributed by atoms with Crippen LogP contribution < -0.4 is 5.32 Å². The first-order chi connectivity index (χ1) is 8.84. The summed E-state index contributed by atoms with van der Waals surface area (Å²) in [4.78, 5) is 11.7. The summed E-state index contributed by atoms with van der Waals surface area (Å²) in [5.41, 5.74) is -0.399. The number of amides is 1. The average Bonchev–Trinajstić information content (AvgIpc) is 2.57. The van der Waals surface area contributed by atoms with Gasteiger partial charge in [-0.05, 0) is 24.0 Å². The van der Waals surface area contributed by atoms with E-state index >= 15 is 0 Å². The molecule has 1 aromatic rings. The second-order valence-corrected chi connectivity index (χ2v) is 5.95. The first-order valence-electron chi connectivity index (χ1n) is 6.58. The summed E-state index contributed by atoms with van der Waals surface area (Å²) >= 11 is 0. The van der Waals surface area contributed by atoms with Crippen molar-refractivity contribution in [2.45, 2.75) is 45.1 Å². The van der Waals surface area contributed by atoms with Gasteiger partial charge in [-0.15, -0.1) is 0 Å². The van der Waals surface area contributed by atoms with Crippen LogP contribution in [0, 0.1) is 17.6 Å². The number of hydrogen-bond donors (Lipinski definition) is 1. The summed E-state index contributed by atoms with van der Waals surface area (Å²) in [7, 11) is 0. The summed E-state index contributed by atoms with van der Waals surface area (Å²) < 4.78 is 27.4. The molecule has 1 saturated heterocycles. The van der Waals surface area contributed by atoms with E-state index in [1.807, 2.05) is 20.8 Å². The molecule has 1 N–H and O–H groups in total. The van der Waals surface area contributed by atoms with Gasteiger partial charge in [0.05, 0.1) is 0 Å². The van der Waals surface area contributed by atoms with Gasteiger partial charge in [-0.1, -0.05) is 32.9 Å². The monoisotopic (exact) mass is 267 g/mol. The Morgan fingerprint density at radius 1 is 1.42 bits per heavy atom. The van der Waals surface area contributed by atoms with Crippen molar-refractivity contribution in [3.05, 3.63) is 35.4 Å². The highest BCUT2D eigenvalue weighted by molar-refractivity contribution is 5.81. The number of nitrogens with one attached hydrogen (secondary N) is 1. The second kappa shape index (κ2) is 4.91. The first-order valence-corrected chi connectivity index (χ1v) is 6.58. The number of rotatable bonds is 3. The van der Waals surface area contributed by atoms with Crippen LogP contribution in [0.4, 0.5) is 8.78 Å². The molecule has 0 radical (unpaired) electrons. The van der Waals surface area contributed by atoms with Crippen LogP contribution in [0.15, 0.2) is 18.2 Å². The van der Waals surface area contributed by atoms with Crippen LogP contribution in [0.5, 0.6) is 0 Å². The van der Waals surface area contributed by atoms with Gasteiger partial charge in [-0.3, -0.25) is 4.79 Å². The Kier molecular flexibility index (Phi) is 3.61. The minimum absolute atomic E-state index is 0.100. The van der Waals surface area contributed by atoms with Crippen LogP contribution in [0.25, 0.3) is 0 Å². The molecule has 1 aliphatic heterocycles. The van der Waals surface area contributed by atoms with E-state index in [-0.39, 0.29) is 23.9 Å². The van der Waals surface area contributed by atoms with Gasteiger partial charge < -0.3 is 5.32 Å². The maximum Gasteiger partial charge on any atom is 0.221 e. The molecule has 1 heterocycles. The molecule has 1 amide bonds. The highest BCUT2D eigenvalue weighted by Crippen LogP contribution is 2.39. The topological polar surface area (TPSA) is 29.1 Å². The van der Waals surface area contributed by atoms with Gasteiger partial charge in [0.25, 0.3) is 0 Å². The zero-order valence-corrected chi connectivity index (χ0v) is 11.5. The molecule has 1 aromatic carbocycles. The predicted octanol–water partition coefficient (Wildman–Crippen LogP) is 3.16. The standard InChI is InChI=1S/C15H19F2NO/c1-9(2)7-12-15(3,8-13(19)18-12)10-5-4-6-11(16)14(10)17/h4-6,9,12H,7-8H2,1-3H3,(H,18,19). The summed E-state index contributed by atoms with van der Waals surface area (Å²) in [5, 5.41) is 2.89. The van der Waals surface area contributed by atoms with Crippen molar-refractivity contribution in [2.75, 3.05) is 0 Å². The van der Waals surface area contributed by atoms with Crippen molar-refractivity contribution in [3.63, 3.8) is 0 Å². The van der Waals surface area contributed by atoms with Crippen molar-refractivity contribution in [1.29, 1.82) is 0 Å². The number of halogens is 2. The lowest BCUT2D eigenvalue weighted by atomic mass is 9.73. The molecule has 0 saturated carbocycles. The van der Waals surface area contributed by atoms with Crippen molar-refractivity contribution < 1.29 is 13.6 Å². The third kappa shape index (κ3) is 2.48. The molecular weight excluding hydrogens is 248 g/mol. The van der Waals surface area contributed by atoms with E-state index in [2.05, 4.69) is 5.32 Å². The summed E-state index contributed by atoms with van der Waals surface area (Å²) in [5.74, 6) is -1.42. The van der Waals surface area contributed by atoms with E-state index in [0.29, 0.717) is 5.92 Å². The normalized spacial score (nSPS) is 26.8. The van der Waals surface area contributed by atoms with Crippen LogP contribution in [-0.4, -0.2) is 11.9 Å². The smallest absolute Gasteiger partial charge is 0.221 e. The van der Waals surface area contributed by atoms with Crippen LogP contribution in [0.3, 0.4) is 0 Å². The second-order valence-electron chi connectivity index (χ2n) is 5.95. The fraction of sp³-hybridized carbons (Fsp3) is 0.533. The summed E-state index contributed by atoms with van der Waals surface area (Å²) in [6.07, 6.45) is 0.947. The fourth-order valence-electron chi connectivity index (χ4n) is 2.88. The van der Waals surface area contributed by atoms with E-state index < -0.39 is 17.0 Å². The molecule has 104 valence electrons. The molecule has 0 aliphatic carbocycles. The SMILES string of the molecule is CC(C)CC1NC(=O)CC1(C)c1cccc(F)c1F. The van der Waals surface area contributed by atoms with Gasteiger partial charge in [0, 0.05) is 17.9 Å². The molecule has 19 heavy (non-hydrogen) atoms. The van der Waals surface area contributed by atoms with Gasteiger partial charge in [-0.25, -0.2) is 8.78 Å². The zero-order chi connectivity index (χ0) is 14.2. The molecule has 0 spiro atoms. The molecule has 0 aromatic heterocycles. The molecular formula is C15H19F2NO.